The van der Waals surface area contributed by atoms with Crippen LogP contribution in [0.3, 0.4) is 0 Å². The van der Waals surface area contributed by atoms with E-state index in [1.807, 2.05) is 6.07 Å². The number of sulfonamides is 1. The van der Waals surface area contributed by atoms with Gasteiger partial charge in [0.25, 0.3) is 10.0 Å². The monoisotopic (exact) mass is 310 g/mol. The number of anilines is 1. The van der Waals surface area contributed by atoms with Crippen LogP contribution in [0.15, 0.2) is 47.4 Å². The number of rotatable bonds is 3. The van der Waals surface area contributed by atoms with Crippen LogP contribution in [0.2, 0.25) is 5.02 Å². The molecule has 2 aromatic rings. The molecule has 0 unspecified atom stereocenters. The molecule has 7 heteroatoms. The molecular weight excluding hydrogens is 303 g/mol. The summed E-state index contributed by atoms with van der Waals surface area (Å²) in [5.41, 5.74) is 0.234. The van der Waals surface area contributed by atoms with Crippen molar-refractivity contribution in [1.29, 1.82) is 5.26 Å². The Morgan fingerprint density at radius 3 is 2.60 bits per heavy atom. The maximum atomic E-state index is 13.0. The first kappa shape index (κ1) is 14.3. The normalized spacial score (nSPS) is 10.8. The Bertz CT molecular complexity index is 800. The number of nitrogens with zero attached hydrogens (tertiary/aromatic N) is 1. The Hall–Kier alpha value is -2.10. The zero-order chi connectivity index (χ0) is 14.8. The maximum Gasteiger partial charge on any atom is 0.263 e. The van der Waals surface area contributed by atoms with Crippen molar-refractivity contribution in [3.05, 3.63) is 58.9 Å². The van der Waals surface area contributed by atoms with Crippen LogP contribution in [0, 0.1) is 17.1 Å². The highest BCUT2D eigenvalue weighted by Crippen LogP contribution is 2.25. The van der Waals surface area contributed by atoms with Gasteiger partial charge in [0.15, 0.2) is 0 Å². The molecule has 0 fully saturated rings. The molecule has 20 heavy (non-hydrogen) atoms. The topological polar surface area (TPSA) is 70.0 Å². The molecule has 0 amide bonds. The van der Waals surface area contributed by atoms with Crippen LogP contribution in [0.5, 0.6) is 0 Å². The third-order valence-corrected chi connectivity index (χ3v) is 4.29. The molecule has 1 N–H and O–H groups in total. The van der Waals surface area contributed by atoms with Gasteiger partial charge in [0.2, 0.25) is 0 Å². The van der Waals surface area contributed by atoms with E-state index in [4.69, 9.17) is 16.9 Å². The minimum atomic E-state index is -3.99. The molecule has 0 aliphatic heterocycles. The van der Waals surface area contributed by atoms with E-state index in [9.17, 15) is 12.8 Å². The van der Waals surface area contributed by atoms with Crippen molar-refractivity contribution < 1.29 is 12.8 Å². The van der Waals surface area contributed by atoms with Gasteiger partial charge >= 0.3 is 0 Å². The summed E-state index contributed by atoms with van der Waals surface area (Å²) in [6.45, 7) is 0. The number of hydrogen-bond acceptors (Lipinski definition) is 3. The van der Waals surface area contributed by atoms with E-state index in [1.54, 1.807) is 0 Å². The fourth-order valence-electron chi connectivity index (χ4n) is 1.54. The van der Waals surface area contributed by atoms with Gasteiger partial charge in [0.05, 0.1) is 22.3 Å². The number of halogens is 2. The average Bonchev–Trinajstić information content (AvgIpc) is 2.38. The zero-order valence-electron chi connectivity index (χ0n) is 9.97. The third kappa shape index (κ3) is 3.07. The summed E-state index contributed by atoms with van der Waals surface area (Å²) in [5.74, 6) is -0.568. The molecule has 0 saturated heterocycles. The number of nitriles is 1. The summed E-state index contributed by atoms with van der Waals surface area (Å²) in [4.78, 5) is -0.234. The summed E-state index contributed by atoms with van der Waals surface area (Å²) in [6.07, 6.45) is 0. The van der Waals surface area contributed by atoms with Crippen LogP contribution in [0.4, 0.5) is 10.1 Å². The van der Waals surface area contributed by atoms with E-state index >= 15 is 0 Å². The highest BCUT2D eigenvalue weighted by molar-refractivity contribution is 7.92. The van der Waals surface area contributed by atoms with Gasteiger partial charge < -0.3 is 0 Å². The SMILES string of the molecule is N#Cc1ccc(Cl)c(S(=O)(=O)Nc2cccc(F)c2)c1. The Morgan fingerprint density at radius 2 is 1.95 bits per heavy atom. The van der Waals surface area contributed by atoms with Crippen molar-refractivity contribution in [1.82, 2.24) is 0 Å². The van der Waals surface area contributed by atoms with Gasteiger partial charge in [0.1, 0.15) is 10.7 Å². The summed E-state index contributed by atoms with van der Waals surface area (Å²) < 4.78 is 39.6. The molecule has 102 valence electrons. The van der Waals surface area contributed by atoms with E-state index in [0.29, 0.717) is 0 Å². The first-order chi connectivity index (χ1) is 9.42. The van der Waals surface area contributed by atoms with Crippen LogP contribution >= 0.6 is 11.6 Å². The van der Waals surface area contributed by atoms with Crippen LogP contribution < -0.4 is 4.72 Å². The fraction of sp³-hybridized carbons (Fsp3) is 0. The lowest BCUT2D eigenvalue weighted by Crippen LogP contribution is -2.13. The van der Waals surface area contributed by atoms with Gasteiger partial charge in [-0.2, -0.15) is 5.26 Å². The lowest BCUT2D eigenvalue weighted by molar-refractivity contribution is 0.601. The molecule has 0 bridgehead atoms. The molecule has 4 nitrogen and oxygen atoms in total. The highest BCUT2D eigenvalue weighted by atomic mass is 35.5. The standard InChI is InChI=1S/C13H8ClFN2O2S/c14-12-5-4-9(8-16)6-13(12)20(18,19)17-11-3-1-2-10(15)7-11/h1-7,17H. The van der Waals surface area contributed by atoms with E-state index < -0.39 is 15.8 Å². The third-order valence-electron chi connectivity index (χ3n) is 2.43. The molecule has 0 spiro atoms. The molecule has 0 heterocycles. The number of hydrogen-bond donors (Lipinski definition) is 1. The minimum Gasteiger partial charge on any atom is -0.279 e. The molecule has 0 saturated carbocycles. The van der Waals surface area contributed by atoms with E-state index in [-0.39, 0.29) is 21.2 Å². The Kier molecular flexibility index (Phi) is 3.93. The van der Waals surface area contributed by atoms with Crippen molar-refractivity contribution in [3.63, 3.8) is 0 Å². The average molecular weight is 311 g/mol. The number of benzene rings is 2. The van der Waals surface area contributed by atoms with Crippen LogP contribution in [0.1, 0.15) is 5.56 Å². The molecule has 0 aliphatic rings. The summed E-state index contributed by atoms with van der Waals surface area (Å²) in [6, 6.07) is 10.7. The molecule has 0 aliphatic carbocycles. The van der Waals surface area contributed by atoms with Crippen molar-refractivity contribution in [2.45, 2.75) is 4.90 Å². The summed E-state index contributed by atoms with van der Waals surface area (Å²) in [7, 11) is -3.99. The van der Waals surface area contributed by atoms with Gasteiger partial charge in [0, 0.05) is 0 Å². The largest absolute Gasteiger partial charge is 0.279 e. The van der Waals surface area contributed by atoms with E-state index in [0.717, 1.165) is 12.1 Å². The first-order valence-corrected chi connectivity index (χ1v) is 7.26. The predicted molar refractivity (Wildman–Crippen MR) is 73.4 cm³/mol. The summed E-state index contributed by atoms with van der Waals surface area (Å²) >= 11 is 5.83. The van der Waals surface area contributed by atoms with E-state index in [1.165, 1.54) is 30.3 Å². The molecular formula is C13H8ClFN2O2S. The van der Waals surface area contributed by atoms with Crippen LogP contribution in [-0.4, -0.2) is 8.42 Å². The number of nitrogens with one attached hydrogen (secondary N) is 1. The smallest absolute Gasteiger partial charge is 0.263 e. The van der Waals surface area contributed by atoms with Crippen molar-refractivity contribution >= 4 is 27.3 Å². The molecule has 0 atom stereocenters. The Labute approximate surface area is 120 Å². The van der Waals surface area contributed by atoms with Gasteiger partial charge in [-0.05, 0) is 36.4 Å². The Balaban J connectivity index is 2.43. The molecule has 2 aromatic carbocycles. The van der Waals surface area contributed by atoms with Crippen LogP contribution in [0.25, 0.3) is 0 Å². The summed E-state index contributed by atoms with van der Waals surface area (Å²) in [5, 5.41) is 8.77. The van der Waals surface area contributed by atoms with Gasteiger partial charge in [-0.3, -0.25) is 4.72 Å². The van der Waals surface area contributed by atoms with Gasteiger partial charge in [-0.1, -0.05) is 17.7 Å². The lowest BCUT2D eigenvalue weighted by Gasteiger charge is -2.09. The fourth-order valence-corrected chi connectivity index (χ4v) is 3.12. The van der Waals surface area contributed by atoms with E-state index in [2.05, 4.69) is 4.72 Å². The lowest BCUT2D eigenvalue weighted by atomic mass is 10.2. The molecule has 0 aromatic heterocycles. The minimum absolute atomic E-state index is 0.0205. The maximum absolute atomic E-state index is 13.0. The molecule has 2 rings (SSSR count). The van der Waals surface area contributed by atoms with Crippen LogP contribution in [-0.2, 0) is 10.0 Å². The second kappa shape index (κ2) is 5.49. The van der Waals surface area contributed by atoms with Crippen molar-refractivity contribution in [2.75, 3.05) is 4.72 Å². The Morgan fingerprint density at radius 1 is 1.20 bits per heavy atom. The van der Waals surface area contributed by atoms with Gasteiger partial charge in [-0.25, -0.2) is 12.8 Å². The highest BCUT2D eigenvalue weighted by Gasteiger charge is 2.19. The molecule has 0 radical (unpaired) electrons. The second-order valence-electron chi connectivity index (χ2n) is 3.87. The van der Waals surface area contributed by atoms with Gasteiger partial charge in [-0.15, -0.1) is 0 Å². The predicted octanol–water partition coefficient (Wildman–Crippen LogP) is 3.15. The quantitative estimate of drug-likeness (QED) is 0.946. The second-order valence-corrected chi connectivity index (χ2v) is 5.93. The van der Waals surface area contributed by atoms with Crippen molar-refractivity contribution in [3.8, 4) is 6.07 Å². The first-order valence-electron chi connectivity index (χ1n) is 5.40. The zero-order valence-corrected chi connectivity index (χ0v) is 11.5. The van der Waals surface area contributed by atoms with Crippen molar-refractivity contribution in [2.24, 2.45) is 0 Å².